The Hall–Kier alpha value is -4.01. The summed E-state index contributed by atoms with van der Waals surface area (Å²) in [5, 5.41) is 12.6. The molecule has 0 bridgehead atoms. The van der Waals surface area contributed by atoms with Crippen molar-refractivity contribution in [1.82, 2.24) is 30.1 Å². The van der Waals surface area contributed by atoms with Crippen molar-refractivity contribution >= 4 is 22.7 Å². The second-order valence-electron chi connectivity index (χ2n) is 8.82. The minimum absolute atomic E-state index is 0.0150. The maximum atomic E-state index is 12.6. The maximum absolute atomic E-state index is 12.6. The molecule has 0 saturated carbocycles. The number of hydrogen-bond donors (Lipinski definition) is 1. The summed E-state index contributed by atoms with van der Waals surface area (Å²) in [5.74, 6) is 0.910. The van der Waals surface area contributed by atoms with Gasteiger partial charge in [0.05, 0.1) is 12.1 Å². The summed E-state index contributed by atoms with van der Waals surface area (Å²) in [7, 11) is 1.96. The fourth-order valence-corrected chi connectivity index (χ4v) is 4.67. The molecule has 1 aliphatic rings. The lowest BCUT2D eigenvalue weighted by Gasteiger charge is -2.30. The van der Waals surface area contributed by atoms with Crippen LogP contribution in [0, 0.1) is 0 Å². The molecule has 2 amide bonds. The molecule has 0 unspecified atom stereocenters. The number of piperidine rings is 1. The van der Waals surface area contributed by atoms with Crippen LogP contribution in [0.2, 0.25) is 0 Å². The molecule has 1 N–H and O–H groups in total. The van der Waals surface area contributed by atoms with Crippen LogP contribution in [0.5, 0.6) is 0 Å². The molecule has 35 heavy (non-hydrogen) atoms. The van der Waals surface area contributed by atoms with Gasteiger partial charge in [0.1, 0.15) is 0 Å². The quantitative estimate of drug-likeness (QED) is 0.461. The largest absolute Gasteiger partial charge is 0.343 e. The minimum atomic E-state index is -0.248. The summed E-state index contributed by atoms with van der Waals surface area (Å²) in [6.07, 6.45) is 2.39. The van der Waals surface area contributed by atoms with Gasteiger partial charge in [-0.3, -0.25) is 14.3 Å². The van der Waals surface area contributed by atoms with Crippen LogP contribution in [0.4, 0.5) is 0 Å². The Kier molecular flexibility index (Phi) is 6.31. The van der Waals surface area contributed by atoms with E-state index in [-0.39, 0.29) is 24.3 Å². The predicted molar refractivity (Wildman–Crippen MR) is 131 cm³/mol. The highest BCUT2D eigenvalue weighted by atomic mass is 16.5. The van der Waals surface area contributed by atoms with Crippen molar-refractivity contribution in [2.45, 2.75) is 32.1 Å². The van der Waals surface area contributed by atoms with E-state index < -0.39 is 0 Å². The summed E-state index contributed by atoms with van der Waals surface area (Å²) in [5.41, 5.74) is 3.52. The number of likely N-dealkylation sites (tertiary alicyclic amines) is 1. The van der Waals surface area contributed by atoms with Crippen LogP contribution in [0.1, 0.15) is 47.6 Å². The average Bonchev–Trinajstić information content (AvgIpc) is 3.51. The van der Waals surface area contributed by atoms with E-state index in [9.17, 15) is 9.59 Å². The first-order chi connectivity index (χ1) is 17.0. The lowest BCUT2D eigenvalue weighted by Crippen LogP contribution is -2.43. The molecule has 0 radical (unpaired) electrons. The first kappa shape index (κ1) is 22.8. The summed E-state index contributed by atoms with van der Waals surface area (Å²) in [6.45, 7) is 3.28. The van der Waals surface area contributed by atoms with Crippen LogP contribution in [0.25, 0.3) is 22.3 Å². The highest BCUT2D eigenvalue weighted by Gasteiger charge is 2.28. The number of aromatic nitrogens is 4. The van der Waals surface area contributed by atoms with Gasteiger partial charge >= 0.3 is 0 Å². The first-order valence-electron chi connectivity index (χ1n) is 11.9. The molecule has 180 valence electrons. The van der Waals surface area contributed by atoms with Crippen molar-refractivity contribution in [2.75, 3.05) is 19.6 Å². The fourth-order valence-electron chi connectivity index (χ4n) is 4.67. The molecule has 4 aromatic rings. The van der Waals surface area contributed by atoms with Crippen molar-refractivity contribution in [2.24, 2.45) is 7.05 Å². The molecule has 0 atom stereocenters. The molecule has 2 aromatic heterocycles. The first-order valence-corrected chi connectivity index (χ1v) is 11.9. The third-order valence-corrected chi connectivity index (χ3v) is 6.62. The number of aryl methyl sites for hydroxylation is 2. The maximum Gasteiger partial charge on any atom is 0.251 e. The van der Waals surface area contributed by atoms with Crippen LogP contribution < -0.4 is 5.32 Å². The lowest BCUT2D eigenvalue weighted by atomic mass is 9.96. The topological polar surface area (TPSA) is 106 Å². The molecule has 1 fully saturated rings. The Balaban J connectivity index is 1.18. The smallest absolute Gasteiger partial charge is 0.251 e. The number of nitrogens with one attached hydrogen (secondary N) is 1. The van der Waals surface area contributed by atoms with Crippen molar-refractivity contribution in [3.05, 3.63) is 65.7 Å². The van der Waals surface area contributed by atoms with E-state index in [1.165, 1.54) is 5.69 Å². The van der Waals surface area contributed by atoms with Crippen molar-refractivity contribution < 1.29 is 14.1 Å². The monoisotopic (exact) mass is 472 g/mol. The van der Waals surface area contributed by atoms with E-state index >= 15 is 0 Å². The van der Waals surface area contributed by atoms with Gasteiger partial charge in [0.15, 0.2) is 0 Å². The number of amides is 2. The Morgan fingerprint density at radius 3 is 2.63 bits per heavy atom. The van der Waals surface area contributed by atoms with Gasteiger partial charge < -0.3 is 14.7 Å². The molecule has 1 aliphatic heterocycles. The summed E-state index contributed by atoms with van der Waals surface area (Å²) >= 11 is 0. The molecule has 3 heterocycles. The number of carbonyl (C=O) groups excluding carboxylic acids is 2. The molecular formula is C26H28N6O3. The van der Waals surface area contributed by atoms with E-state index in [1.807, 2.05) is 29.9 Å². The third-order valence-electron chi connectivity index (χ3n) is 6.62. The van der Waals surface area contributed by atoms with Gasteiger partial charge in [-0.2, -0.15) is 10.1 Å². The Morgan fingerprint density at radius 1 is 1.11 bits per heavy atom. The van der Waals surface area contributed by atoms with Gasteiger partial charge in [-0.15, -0.1) is 0 Å². The Morgan fingerprint density at radius 2 is 1.89 bits per heavy atom. The second-order valence-corrected chi connectivity index (χ2v) is 8.82. The third kappa shape index (κ3) is 4.66. The van der Waals surface area contributed by atoms with E-state index in [1.54, 1.807) is 29.2 Å². The molecule has 1 saturated heterocycles. The van der Waals surface area contributed by atoms with E-state index in [2.05, 4.69) is 33.5 Å². The highest BCUT2D eigenvalue weighted by Crippen LogP contribution is 2.30. The molecular weight excluding hydrogens is 444 g/mol. The molecule has 2 aromatic carbocycles. The average molecular weight is 473 g/mol. The van der Waals surface area contributed by atoms with E-state index in [0.717, 1.165) is 35.7 Å². The van der Waals surface area contributed by atoms with Crippen LogP contribution in [0.15, 0.2) is 53.1 Å². The van der Waals surface area contributed by atoms with Gasteiger partial charge in [-0.1, -0.05) is 42.4 Å². The molecule has 9 nitrogen and oxygen atoms in total. The second kappa shape index (κ2) is 9.69. The Labute approximate surface area is 203 Å². The highest BCUT2D eigenvalue weighted by molar-refractivity contribution is 5.96. The van der Waals surface area contributed by atoms with Gasteiger partial charge in [-0.25, -0.2) is 0 Å². The number of carbonyl (C=O) groups is 2. The van der Waals surface area contributed by atoms with Crippen LogP contribution in [-0.4, -0.2) is 56.3 Å². The summed E-state index contributed by atoms with van der Waals surface area (Å²) in [4.78, 5) is 31.2. The van der Waals surface area contributed by atoms with Crippen molar-refractivity contribution in [1.29, 1.82) is 0 Å². The molecule has 9 heteroatoms. The molecule has 0 spiro atoms. The van der Waals surface area contributed by atoms with Crippen molar-refractivity contribution in [3.8, 4) is 11.4 Å². The van der Waals surface area contributed by atoms with Crippen LogP contribution in [0.3, 0.4) is 0 Å². The van der Waals surface area contributed by atoms with Crippen LogP contribution in [-0.2, 0) is 18.3 Å². The molecule has 5 rings (SSSR count). The van der Waals surface area contributed by atoms with Gasteiger partial charge in [0.2, 0.25) is 17.6 Å². The number of hydrogen-bond acceptors (Lipinski definition) is 6. The zero-order chi connectivity index (χ0) is 24.4. The fraction of sp³-hybridized carbons (Fsp3) is 0.346. The number of fused-ring (bicyclic) bond motifs is 1. The minimum Gasteiger partial charge on any atom is -0.343 e. The zero-order valence-corrected chi connectivity index (χ0v) is 19.9. The number of rotatable bonds is 6. The summed E-state index contributed by atoms with van der Waals surface area (Å²) in [6, 6.07) is 14.9. The number of benzene rings is 2. The van der Waals surface area contributed by atoms with Crippen LogP contribution >= 0.6 is 0 Å². The zero-order valence-electron chi connectivity index (χ0n) is 19.9. The van der Waals surface area contributed by atoms with Crippen molar-refractivity contribution in [3.63, 3.8) is 0 Å². The molecule has 0 aliphatic carbocycles. The van der Waals surface area contributed by atoms with E-state index in [4.69, 9.17) is 4.52 Å². The predicted octanol–water partition coefficient (Wildman–Crippen LogP) is 3.32. The normalized spacial score (nSPS) is 14.4. The SMILES string of the molecule is CCc1c2ccc(-c3noc(C4CCN(C(=O)CNC(=O)c5ccccc5)CC4)n3)cc2nn1C. The number of nitrogens with zero attached hydrogens (tertiary/aromatic N) is 5. The van der Waals surface area contributed by atoms with Gasteiger partial charge in [-0.05, 0) is 37.5 Å². The lowest BCUT2D eigenvalue weighted by molar-refractivity contribution is -0.131. The summed E-state index contributed by atoms with van der Waals surface area (Å²) < 4.78 is 7.51. The standard InChI is InChI=1S/C26H28N6O3/c1-3-22-20-10-9-19(15-21(20)29-31(22)2)24-28-26(35-30-24)18-11-13-32(14-12-18)23(33)16-27-25(34)17-7-5-4-6-8-17/h4-10,15,18H,3,11-14,16H2,1-2H3,(H,27,34). The Bertz CT molecular complexity index is 1350. The van der Waals surface area contributed by atoms with E-state index in [0.29, 0.717) is 30.4 Å². The van der Waals surface area contributed by atoms with Gasteiger partial charge in [0, 0.05) is 48.3 Å². The van der Waals surface area contributed by atoms with Gasteiger partial charge in [0.25, 0.3) is 5.91 Å².